The van der Waals surface area contributed by atoms with Crippen LogP contribution in [0.4, 0.5) is 0 Å². The van der Waals surface area contributed by atoms with Gasteiger partial charge >= 0.3 is 0 Å². The van der Waals surface area contributed by atoms with Crippen LogP contribution in [0.2, 0.25) is 5.02 Å². The van der Waals surface area contributed by atoms with Crippen molar-refractivity contribution >= 4 is 11.6 Å². The quantitative estimate of drug-likeness (QED) is 0.865. The highest BCUT2D eigenvalue weighted by atomic mass is 35.5. The van der Waals surface area contributed by atoms with E-state index >= 15 is 0 Å². The molecule has 1 aromatic carbocycles. The standard InChI is InChI=1S/C14H20ClNO/c1-14(10-17)8-2-3-13(14)16-9-11-4-6-12(15)7-5-11/h4-7,13,16-17H,2-3,8-10H2,1H3. The maximum atomic E-state index is 9.47. The van der Waals surface area contributed by atoms with Gasteiger partial charge in [-0.15, -0.1) is 0 Å². The second-order valence-electron chi connectivity index (χ2n) is 5.26. The zero-order valence-corrected chi connectivity index (χ0v) is 11.0. The molecule has 2 rings (SSSR count). The molecule has 2 nitrogen and oxygen atoms in total. The number of halogens is 1. The summed E-state index contributed by atoms with van der Waals surface area (Å²) in [5.41, 5.74) is 1.29. The van der Waals surface area contributed by atoms with Crippen molar-refractivity contribution in [2.75, 3.05) is 6.61 Å². The normalized spacial score (nSPS) is 28.5. The van der Waals surface area contributed by atoms with Crippen molar-refractivity contribution in [3.05, 3.63) is 34.9 Å². The molecule has 0 heterocycles. The fourth-order valence-corrected chi connectivity index (χ4v) is 2.74. The molecule has 0 amide bonds. The molecule has 17 heavy (non-hydrogen) atoms. The second-order valence-corrected chi connectivity index (χ2v) is 5.70. The van der Waals surface area contributed by atoms with Gasteiger partial charge in [-0.05, 0) is 30.5 Å². The number of hydrogen-bond acceptors (Lipinski definition) is 2. The first-order valence-electron chi connectivity index (χ1n) is 6.23. The van der Waals surface area contributed by atoms with E-state index in [2.05, 4.69) is 12.2 Å². The van der Waals surface area contributed by atoms with E-state index in [0.29, 0.717) is 6.04 Å². The highest BCUT2D eigenvalue weighted by Crippen LogP contribution is 2.37. The summed E-state index contributed by atoms with van der Waals surface area (Å²) in [5.74, 6) is 0. The van der Waals surface area contributed by atoms with Crippen LogP contribution in [-0.2, 0) is 6.54 Å². The largest absolute Gasteiger partial charge is 0.396 e. The van der Waals surface area contributed by atoms with Crippen molar-refractivity contribution in [3.63, 3.8) is 0 Å². The number of aliphatic hydroxyl groups excluding tert-OH is 1. The number of aliphatic hydroxyl groups is 1. The summed E-state index contributed by atoms with van der Waals surface area (Å²) < 4.78 is 0. The minimum atomic E-state index is 0.0480. The molecule has 94 valence electrons. The maximum absolute atomic E-state index is 9.47. The first kappa shape index (κ1) is 12.9. The molecule has 0 saturated heterocycles. The van der Waals surface area contributed by atoms with E-state index in [1.165, 1.54) is 12.0 Å². The fourth-order valence-electron chi connectivity index (χ4n) is 2.61. The molecule has 0 aliphatic heterocycles. The monoisotopic (exact) mass is 253 g/mol. The van der Waals surface area contributed by atoms with Crippen LogP contribution in [0, 0.1) is 5.41 Å². The van der Waals surface area contributed by atoms with Gasteiger partial charge in [0.2, 0.25) is 0 Å². The zero-order chi connectivity index (χ0) is 12.3. The molecule has 0 aromatic heterocycles. The minimum absolute atomic E-state index is 0.0480. The summed E-state index contributed by atoms with van der Waals surface area (Å²) in [7, 11) is 0. The van der Waals surface area contributed by atoms with E-state index in [9.17, 15) is 5.11 Å². The molecule has 1 aliphatic rings. The van der Waals surface area contributed by atoms with E-state index in [0.717, 1.165) is 24.4 Å². The van der Waals surface area contributed by atoms with Crippen molar-refractivity contribution in [3.8, 4) is 0 Å². The van der Waals surface area contributed by atoms with Gasteiger partial charge in [0.25, 0.3) is 0 Å². The van der Waals surface area contributed by atoms with Gasteiger partial charge in [-0.2, -0.15) is 0 Å². The maximum Gasteiger partial charge on any atom is 0.0499 e. The smallest absolute Gasteiger partial charge is 0.0499 e. The fraction of sp³-hybridized carbons (Fsp3) is 0.571. The lowest BCUT2D eigenvalue weighted by Gasteiger charge is -2.30. The SMILES string of the molecule is CC1(CO)CCCC1NCc1ccc(Cl)cc1. The molecule has 1 aromatic rings. The van der Waals surface area contributed by atoms with Crippen LogP contribution in [0.5, 0.6) is 0 Å². The van der Waals surface area contributed by atoms with Crippen LogP contribution in [0.15, 0.2) is 24.3 Å². The third kappa shape index (κ3) is 3.01. The molecule has 3 heteroatoms. The summed E-state index contributed by atoms with van der Waals surface area (Å²) in [6.07, 6.45) is 3.47. The Labute approximate surface area is 108 Å². The molecule has 0 bridgehead atoms. The molecular formula is C14H20ClNO. The summed E-state index contributed by atoms with van der Waals surface area (Å²) in [5, 5.41) is 13.8. The van der Waals surface area contributed by atoms with Gasteiger partial charge in [0.15, 0.2) is 0 Å². The van der Waals surface area contributed by atoms with Gasteiger partial charge in [0, 0.05) is 29.6 Å². The van der Waals surface area contributed by atoms with Crippen molar-refractivity contribution < 1.29 is 5.11 Å². The number of nitrogens with one attached hydrogen (secondary N) is 1. The Hall–Kier alpha value is -0.570. The van der Waals surface area contributed by atoms with Crippen LogP contribution in [-0.4, -0.2) is 17.8 Å². The second kappa shape index (κ2) is 5.38. The average Bonchev–Trinajstić information content (AvgIpc) is 2.71. The first-order valence-corrected chi connectivity index (χ1v) is 6.60. The molecular weight excluding hydrogens is 234 g/mol. The number of hydrogen-bond donors (Lipinski definition) is 2. The predicted octanol–water partition coefficient (Wildman–Crippen LogP) is 2.98. The minimum Gasteiger partial charge on any atom is -0.396 e. The van der Waals surface area contributed by atoms with Gasteiger partial charge in [0.05, 0.1) is 0 Å². The van der Waals surface area contributed by atoms with Crippen LogP contribution >= 0.6 is 11.6 Å². The summed E-state index contributed by atoms with van der Waals surface area (Å²) >= 11 is 5.85. The van der Waals surface area contributed by atoms with Crippen molar-refractivity contribution in [2.24, 2.45) is 5.41 Å². The highest BCUT2D eigenvalue weighted by Gasteiger charge is 2.37. The Morgan fingerprint density at radius 2 is 2.12 bits per heavy atom. The Morgan fingerprint density at radius 3 is 2.76 bits per heavy atom. The van der Waals surface area contributed by atoms with Crippen molar-refractivity contribution in [1.29, 1.82) is 0 Å². The lowest BCUT2D eigenvalue weighted by atomic mass is 9.86. The topological polar surface area (TPSA) is 32.3 Å². The molecule has 0 radical (unpaired) electrons. The Bertz CT molecular complexity index is 365. The lowest BCUT2D eigenvalue weighted by Crippen LogP contribution is -2.41. The van der Waals surface area contributed by atoms with Gasteiger partial charge < -0.3 is 10.4 Å². The van der Waals surface area contributed by atoms with Gasteiger partial charge in [-0.3, -0.25) is 0 Å². The molecule has 0 spiro atoms. The van der Waals surface area contributed by atoms with Crippen molar-refractivity contribution in [1.82, 2.24) is 5.32 Å². The molecule has 2 atom stereocenters. The third-order valence-corrected chi connectivity index (χ3v) is 4.16. The van der Waals surface area contributed by atoms with Crippen LogP contribution < -0.4 is 5.32 Å². The van der Waals surface area contributed by atoms with E-state index < -0.39 is 0 Å². The van der Waals surface area contributed by atoms with Crippen LogP contribution in [0.25, 0.3) is 0 Å². The average molecular weight is 254 g/mol. The van der Waals surface area contributed by atoms with Gasteiger partial charge in [0.1, 0.15) is 0 Å². The summed E-state index contributed by atoms with van der Waals surface area (Å²) in [4.78, 5) is 0. The van der Waals surface area contributed by atoms with Gasteiger partial charge in [-0.25, -0.2) is 0 Å². The van der Waals surface area contributed by atoms with Crippen LogP contribution in [0.1, 0.15) is 31.7 Å². The van der Waals surface area contributed by atoms with E-state index in [4.69, 9.17) is 11.6 Å². The van der Waals surface area contributed by atoms with Crippen molar-refractivity contribution in [2.45, 2.75) is 38.8 Å². The highest BCUT2D eigenvalue weighted by molar-refractivity contribution is 6.30. The first-order chi connectivity index (χ1) is 8.14. The number of benzene rings is 1. The Balaban J connectivity index is 1.92. The molecule has 1 fully saturated rings. The van der Waals surface area contributed by atoms with E-state index in [-0.39, 0.29) is 12.0 Å². The predicted molar refractivity (Wildman–Crippen MR) is 71.1 cm³/mol. The molecule has 1 saturated carbocycles. The summed E-state index contributed by atoms with van der Waals surface area (Å²) in [6.45, 7) is 3.28. The lowest BCUT2D eigenvalue weighted by molar-refractivity contribution is 0.118. The van der Waals surface area contributed by atoms with E-state index in [1.54, 1.807) is 0 Å². The zero-order valence-electron chi connectivity index (χ0n) is 10.2. The van der Waals surface area contributed by atoms with Gasteiger partial charge in [-0.1, -0.05) is 37.1 Å². The molecule has 2 N–H and O–H groups in total. The van der Waals surface area contributed by atoms with E-state index in [1.807, 2.05) is 24.3 Å². The van der Waals surface area contributed by atoms with Crippen LogP contribution in [0.3, 0.4) is 0 Å². The Morgan fingerprint density at radius 1 is 1.41 bits per heavy atom. The number of rotatable bonds is 4. The molecule has 1 aliphatic carbocycles. The third-order valence-electron chi connectivity index (χ3n) is 3.91. The molecule has 2 unspecified atom stereocenters. The Kier molecular flexibility index (Phi) is 4.08. The summed E-state index contributed by atoms with van der Waals surface area (Å²) in [6, 6.07) is 8.33.